The summed E-state index contributed by atoms with van der Waals surface area (Å²) in [5.41, 5.74) is 0.126. The minimum atomic E-state index is -0.456. The first kappa shape index (κ1) is 13.2. The predicted molar refractivity (Wildman–Crippen MR) is 75.5 cm³/mol. The molecule has 0 atom stereocenters. The lowest BCUT2D eigenvalue weighted by Gasteiger charge is -2.11. The van der Waals surface area contributed by atoms with E-state index in [-0.39, 0.29) is 22.3 Å². The van der Waals surface area contributed by atoms with Gasteiger partial charge < -0.3 is 18.3 Å². The lowest BCUT2D eigenvalue weighted by molar-refractivity contribution is 0.112. The van der Waals surface area contributed by atoms with Gasteiger partial charge in [0, 0.05) is 0 Å². The summed E-state index contributed by atoms with van der Waals surface area (Å²) in [6.07, 6.45) is 1.94. The molecule has 0 aliphatic carbocycles. The van der Waals surface area contributed by atoms with Crippen LogP contribution in [0.25, 0.3) is 21.9 Å². The number of carbonyl (C=O) groups excluding carboxylic acids is 1. The largest absolute Gasteiger partial charge is 0.495 e. The van der Waals surface area contributed by atoms with Gasteiger partial charge in [0.15, 0.2) is 17.5 Å². The lowest BCUT2D eigenvalue weighted by Crippen LogP contribution is -2.12. The van der Waals surface area contributed by atoms with Crippen LogP contribution in [0.5, 0.6) is 11.5 Å². The SMILES string of the molecule is COc1c2occc2c(OC)c2c(=O)c(C=O)c(C)oc12. The number of carbonyl (C=O) groups is 1. The number of aryl methyl sites for hydroxylation is 1. The zero-order valence-electron chi connectivity index (χ0n) is 11.7. The van der Waals surface area contributed by atoms with E-state index in [4.69, 9.17) is 18.3 Å². The summed E-state index contributed by atoms with van der Waals surface area (Å²) in [7, 11) is 2.89. The summed E-state index contributed by atoms with van der Waals surface area (Å²) in [5, 5.41) is 0.741. The van der Waals surface area contributed by atoms with Crippen molar-refractivity contribution in [3.05, 3.63) is 33.9 Å². The zero-order valence-corrected chi connectivity index (χ0v) is 11.7. The van der Waals surface area contributed by atoms with Crippen molar-refractivity contribution in [3.8, 4) is 11.5 Å². The molecule has 2 heterocycles. The Morgan fingerprint density at radius 1 is 1.14 bits per heavy atom. The highest BCUT2D eigenvalue weighted by atomic mass is 16.5. The van der Waals surface area contributed by atoms with Gasteiger partial charge in [0.2, 0.25) is 11.2 Å². The Morgan fingerprint density at radius 3 is 2.48 bits per heavy atom. The highest BCUT2D eigenvalue weighted by Gasteiger charge is 2.24. The zero-order chi connectivity index (χ0) is 15.1. The smallest absolute Gasteiger partial charge is 0.207 e. The van der Waals surface area contributed by atoms with E-state index in [0.29, 0.717) is 28.8 Å². The van der Waals surface area contributed by atoms with Gasteiger partial charge in [0.25, 0.3) is 0 Å². The van der Waals surface area contributed by atoms with E-state index in [0.717, 1.165) is 0 Å². The van der Waals surface area contributed by atoms with Crippen LogP contribution in [0, 0.1) is 6.92 Å². The molecule has 0 bridgehead atoms. The van der Waals surface area contributed by atoms with Gasteiger partial charge in [-0.05, 0) is 13.0 Å². The van der Waals surface area contributed by atoms with Crippen molar-refractivity contribution >= 4 is 28.2 Å². The average molecular weight is 288 g/mol. The maximum absolute atomic E-state index is 12.5. The second-order valence-corrected chi connectivity index (χ2v) is 4.45. The van der Waals surface area contributed by atoms with E-state index < -0.39 is 5.43 Å². The third-order valence-electron chi connectivity index (χ3n) is 3.41. The number of ether oxygens (including phenoxy) is 2. The molecule has 3 aromatic rings. The predicted octanol–water partition coefficient (Wildman–Crippen LogP) is 2.68. The number of benzene rings is 1. The highest BCUT2D eigenvalue weighted by Crippen LogP contribution is 2.42. The maximum Gasteiger partial charge on any atom is 0.207 e. The Labute approximate surface area is 118 Å². The molecule has 6 heteroatoms. The first-order valence-electron chi connectivity index (χ1n) is 6.17. The minimum Gasteiger partial charge on any atom is -0.495 e. The normalized spacial score (nSPS) is 11.0. The number of fused-ring (bicyclic) bond motifs is 2. The van der Waals surface area contributed by atoms with E-state index in [1.807, 2.05) is 0 Å². The Kier molecular flexibility index (Phi) is 2.94. The van der Waals surface area contributed by atoms with Crippen molar-refractivity contribution in [2.75, 3.05) is 14.2 Å². The summed E-state index contributed by atoms with van der Waals surface area (Å²) in [4.78, 5) is 23.6. The topological polar surface area (TPSA) is 78.9 Å². The van der Waals surface area contributed by atoms with E-state index in [9.17, 15) is 9.59 Å². The standard InChI is InChI=1S/C15H12O6/c1-7-9(6-16)11(17)10-12(18-2)8-4-5-20-13(8)15(19-3)14(10)21-7/h4-6H,1-3H3. The molecule has 0 amide bonds. The van der Waals surface area contributed by atoms with Crippen LogP contribution in [0.1, 0.15) is 16.1 Å². The van der Waals surface area contributed by atoms with Gasteiger partial charge in [0.1, 0.15) is 22.5 Å². The van der Waals surface area contributed by atoms with Gasteiger partial charge in [-0.3, -0.25) is 9.59 Å². The maximum atomic E-state index is 12.5. The van der Waals surface area contributed by atoms with Crippen LogP contribution in [0.2, 0.25) is 0 Å². The summed E-state index contributed by atoms with van der Waals surface area (Å²) in [6, 6.07) is 1.66. The first-order valence-corrected chi connectivity index (χ1v) is 6.17. The molecule has 3 rings (SSSR count). The molecule has 0 saturated carbocycles. The van der Waals surface area contributed by atoms with Gasteiger partial charge in [-0.15, -0.1) is 0 Å². The molecule has 2 aromatic heterocycles. The molecule has 1 aromatic carbocycles. The molecule has 0 radical (unpaired) electrons. The number of aldehydes is 1. The van der Waals surface area contributed by atoms with Gasteiger partial charge in [-0.1, -0.05) is 0 Å². The molecule has 0 N–H and O–H groups in total. The number of hydrogen-bond acceptors (Lipinski definition) is 6. The molecule has 0 spiro atoms. The fourth-order valence-electron chi connectivity index (χ4n) is 2.46. The van der Waals surface area contributed by atoms with Crippen molar-refractivity contribution in [1.29, 1.82) is 0 Å². The summed E-state index contributed by atoms with van der Waals surface area (Å²) in [6.45, 7) is 1.54. The third kappa shape index (κ3) is 1.65. The van der Waals surface area contributed by atoms with E-state index >= 15 is 0 Å². The quantitative estimate of drug-likeness (QED) is 0.689. The van der Waals surface area contributed by atoms with Gasteiger partial charge in [-0.2, -0.15) is 0 Å². The summed E-state index contributed by atoms with van der Waals surface area (Å²) < 4.78 is 21.6. The van der Waals surface area contributed by atoms with Crippen LogP contribution in [-0.4, -0.2) is 20.5 Å². The Hall–Kier alpha value is -2.76. The van der Waals surface area contributed by atoms with Crippen LogP contribution in [0.15, 0.2) is 26.0 Å². The first-order chi connectivity index (χ1) is 10.1. The number of furan rings is 1. The Morgan fingerprint density at radius 2 is 1.86 bits per heavy atom. The second-order valence-electron chi connectivity index (χ2n) is 4.45. The van der Waals surface area contributed by atoms with Crippen LogP contribution < -0.4 is 14.9 Å². The molecule has 0 saturated heterocycles. The number of methoxy groups -OCH3 is 2. The second kappa shape index (κ2) is 4.66. The van der Waals surface area contributed by atoms with Gasteiger partial charge in [0.05, 0.1) is 25.9 Å². The van der Waals surface area contributed by atoms with Crippen molar-refractivity contribution in [3.63, 3.8) is 0 Å². The molecule has 21 heavy (non-hydrogen) atoms. The molecule has 0 unspecified atom stereocenters. The number of rotatable bonds is 3. The molecular weight excluding hydrogens is 276 g/mol. The van der Waals surface area contributed by atoms with Crippen molar-refractivity contribution in [2.45, 2.75) is 6.92 Å². The summed E-state index contributed by atoms with van der Waals surface area (Å²) in [5.74, 6) is 0.809. The monoisotopic (exact) mass is 288 g/mol. The van der Waals surface area contributed by atoms with Crippen molar-refractivity contribution in [2.24, 2.45) is 0 Å². The van der Waals surface area contributed by atoms with Crippen LogP contribution in [-0.2, 0) is 0 Å². The lowest BCUT2D eigenvalue weighted by atomic mass is 10.1. The fourth-order valence-corrected chi connectivity index (χ4v) is 2.46. The number of hydrogen-bond donors (Lipinski definition) is 0. The molecule has 6 nitrogen and oxygen atoms in total. The summed E-state index contributed by atoms with van der Waals surface area (Å²) >= 11 is 0. The van der Waals surface area contributed by atoms with E-state index in [1.54, 1.807) is 13.0 Å². The van der Waals surface area contributed by atoms with Gasteiger partial charge in [-0.25, -0.2) is 0 Å². The highest BCUT2D eigenvalue weighted by molar-refractivity contribution is 6.07. The van der Waals surface area contributed by atoms with Crippen LogP contribution in [0.3, 0.4) is 0 Å². The molecular formula is C15H12O6. The molecule has 108 valence electrons. The van der Waals surface area contributed by atoms with Crippen molar-refractivity contribution in [1.82, 2.24) is 0 Å². The average Bonchev–Trinajstić information content (AvgIpc) is 2.94. The molecule has 0 aliphatic heterocycles. The Bertz CT molecular complexity index is 915. The van der Waals surface area contributed by atoms with Crippen LogP contribution in [0.4, 0.5) is 0 Å². The van der Waals surface area contributed by atoms with Crippen LogP contribution >= 0.6 is 0 Å². The molecule has 0 aliphatic rings. The minimum absolute atomic E-state index is 0.0364. The van der Waals surface area contributed by atoms with Crippen molar-refractivity contribution < 1.29 is 23.1 Å². The fraction of sp³-hybridized carbons (Fsp3) is 0.200. The van der Waals surface area contributed by atoms with E-state index in [2.05, 4.69) is 0 Å². The third-order valence-corrected chi connectivity index (χ3v) is 3.41. The Balaban J connectivity index is 2.70. The van der Waals surface area contributed by atoms with E-state index in [1.165, 1.54) is 20.5 Å². The molecule has 0 fully saturated rings. The van der Waals surface area contributed by atoms with Gasteiger partial charge >= 0.3 is 0 Å².